The summed E-state index contributed by atoms with van der Waals surface area (Å²) < 4.78 is 2.05. The highest BCUT2D eigenvalue weighted by Crippen LogP contribution is 2.34. The van der Waals surface area contributed by atoms with Crippen LogP contribution in [0.25, 0.3) is 16.9 Å². The molecule has 0 saturated heterocycles. The van der Waals surface area contributed by atoms with Gasteiger partial charge in [0.2, 0.25) is 0 Å². The Bertz CT molecular complexity index is 1190. The molecule has 0 aliphatic heterocycles. The molecular formula is C33H38N2O2. The van der Waals surface area contributed by atoms with Gasteiger partial charge in [0.1, 0.15) is 0 Å². The van der Waals surface area contributed by atoms with E-state index in [2.05, 4.69) is 66.7 Å². The number of aryl methyl sites for hydroxylation is 3. The van der Waals surface area contributed by atoms with E-state index in [-0.39, 0.29) is 5.92 Å². The SMILES string of the molecule is CC.O=C(O)C1CCC(CCc2ccc(CCc3cc(-c4ccccc4)n(-c4ccccc4)n3)cc2)C1. The van der Waals surface area contributed by atoms with E-state index in [1.165, 1.54) is 11.1 Å². The van der Waals surface area contributed by atoms with Crippen LogP contribution in [0.5, 0.6) is 0 Å². The average Bonchev–Trinajstić information content (AvgIpc) is 3.61. The first-order valence-electron chi connectivity index (χ1n) is 13.7. The predicted molar refractivity (Wildman–Crippen MR) is 151 cm³/mol. The standard InChI is InChI=1S/C31H32N2O2.C2H6/c34-31(35)27-19-17-25(21-27)16-15-23-11-13-24(14-12-23)18-20-28-22-30(26-7-3-1-4-8-26)33(32-28)29-9-5-2-6-10-29;1-2/h1-14,22,25,27H,15-21H2,(H,34,35);1-2H3. The van der Waals surface area contributed by atoms with Gasteiger partial charge in [-0.3, -0.25) is 4.79 Å². The molecule has 4 heteroatoms. The highest BCUT2D eigenvalue weighted by atomic mass is 16.4. The first-order chi connectivity index (χ1) is 18.2. The zero-order valence-electron chi connectivity index (χ0n) is 22.0. The van der Waals surface area contributed by atoms with Gasteiger partial charge in [-0.25, -0.2) is 4.68 Å². The van der Waals surface area contributed by atoms with Gasteiger partial charge < -0.3 is 5.11 Å². The summed E-state index contributed by atoms with van der Waals surface area (Å²) in [5.74, 6) is -0.203. The van der Waals surface area contributed by atoms with Crippen molar-refractivity contribution in [3.8, 4) is 16.9 Å². The first-order valence-corrected chi connectivity index (χ1v) is 13.7. The van der Waals surface area contributed by atoms with Gasteiger partial charge in [0.15, 0.2) is 0 Å². The van der Waals surface area contributed by atoms with Crippen molar-refractivity contribution in [1.29, 1.82) is 0 Å². The molecular weight excluding hydrogens is 456 g/mol. The van der Waals surface area contributed by atoms with E-state index in [4.69, 9.17) is 5.10 Å². The van der Waals surface area contributed by atoms with Gasteiger partial charge in [0.05, 0.1) is 23.0 Å². The summed E-state index contributed by atoms with van der Waals surface area (Å²) in [7, 11) is 0. The highest BCUT2D eigenvalue weighted by Gasteiger charge is 2.29. The van der Waals surface area contributed by atoms with Crippen LogP contribution in [0.4, 0.5) is 0 Å². The summed E-state index contributed by atoms with van der Waals surface area (Å²) in [6.45, 7) is 4.00. The van der Waals surface area contributed by atoms with Crippen LogP contribution < -0.4 is 0 Å². The Labute approximate surface area is 221 Å². The van der Waals surface area contributed by atoms with E-state index in [0.717, 1.165) is 67.6 Å². The van der Waals surface area contributed by atoms with Gasteiger partial charge in [-0.2, -0.15) is 5.10 Å². The van der Waals surface area contributed by atoms with Crippen LogP contribution in [0.1, 0.15) is 56.4 Å². The lowest BCUT2D eigenvalue weighted by atomic mass is 9.96. The second kappa shape index (κ2) is 13.0. The summed E-state index contributed by atoms with van der Waals surface area (Å²) in [6, 6.07) is 31.9. The summed E-state index contributed by atoms with van der Waals surface area (Å²) >= 11 is 0. The summed E-state index contributed by atoms with van der Waals surface area (Å²) in [5.41, 5.74) is 7.09. The summed E-state index contributed by atoms with van der Waals surface area (Å²) in [5, 5.41) is 14.2. The van der Waals surface area contributed by atoms with Crippen molar-refractivity contribution in [1.82, 2.24) is 9.78 Å². The number of nitrogens with zero attached hydrogens (tertiary/aromatic N) is 2. The van der Waals surface area contributed by atoms with Gasteiger partial charge in [-0.1, -0.05) is 86.6 Å². The maximum Gasteiger partial charge on any atom is 0.306 e. The van der Waals surface area contributed by atoms with Crippen LogP contribution in [0.3, 0.4) is 0 Å². The van der Waals surface area contributed by atoms with E-state index in [0.29, 0.717) is 5.92 Å². The predicted octanol–water partition coefficient (Wildman–Crippen LogP) is 7.78. The molecule has 1 aliphatic rings. The molecule has 37 heavy (non-hydrogen) atoms. The van der Waals surface area contributed by atoms with E-state index < -0.39 is 5.97 Å². The molecule has 0 spiro atoms. The number of hydrogen-bond acceptors (Lipinski definition) is 2. The molecule has 0 radical (unpaired) electrons. The van der Waals surface area contributed by atoms with Crippen LogP contribution in [0.15, 0.2) is 91.0 Å². The smallest absolute Gasteiger partial charge is 0.306 e. The molecule has 1 saturated carbocycles. The molecule has 1 N–H and O–H groups in total. The van der Waals surface area contributed by atoms with Crippen LogP contribution in [-0.2, 0) is 24.1 Å². The molecule has 1 fully saturated rings. The Balaban J connectivity index is 0.00000156. The Morgan fingerprint density at radius 2 is 1.46 bits per heavy atom. The van der Waals surface area contributed by atoms with Crippen LogP contribution >= 0.6 is 0 Å². The summed E-state index contributed by atoms with van der Waals surface area (Å²) in [6.07, 6.45) is 6.68. The van der Waals surface area contributed by atoms with Crippen LogP contribution in [0, 0.1) is 11.8 Å². The third kappa shape index (κ3) is 6.97. The molecule has 1 heterocycles. The van der Waals surface area contributed by atoms with Crippen molar-refractivity contribution in [2.45, 2.75) is 58.8 Å². The Morgan fingerprint density at radius 1 is 0.838 bits per heavy atom. The largest absolute Gasteiger partial charge is 0.481 e. The summed E-state index contributed by atoms with van der Waals surface area (Å²) in [4.78, 5) is 11.2. The molecule has 0 bridgehead atoms. The topological polar surface area (TPSA) is 55.1 Å². The number of rotatable bonds is 9. The maximum atomic E-state index is 11.2. The lowest BCUT2D eigenvalue weighted by Gasteiger charge is -2.10. The molecule has 5 rings (SSSR count). The number of para-hydroxylation sites is 1. The third-order valence-electron chi connectivity index (χ3n) is 7.25. The van der Waals surface area contributed by atoms with Gasteiger partial charge in [-0.15, -0.1) is 0 Å². The zero-order chi connectivity index (χ0) is 26.0. The number of carboxylic acid groups (broad SMARTS) is 1. The van der Waals surface area contributed by atoms with Crippen molar-refractivity contribution in [3.05, 3.63) is 108 Å². The molecule has 4 aromatic rings. The lowest BCUT2D eigenvalue weighted by Crippen LogP contribution is -2.09. The van der Waals surface area contributed by atoms with Gasteiger partial charge >= 0.3 is 5.97 Å². The van der Waals surface area contributed by atoms with Crippen molar-refractivity contribution in [2.24, 2.45) is 11.8 Å². The fourth-order valence-electron chi connectivity index (χ4n) is 5.21. The average molecular weight is 495 g/mol. The van der Waals surface area contributed by atoms with Crippen molar-refractivity contribution in [3.63, 3.8) is 0 Å². The highest BCUT2D eigenvalue weighted by molar-refractivity contribution is 5.70. The monoisotopic (exact) mass is 494 g/mol. The Kier molecular flexibility index (Phi) is 9.31. The minimum absolute atomic E-state index is 0.129. The van der Waals surface area contributed by atoms with Crippen LogP contribution in [-0.4, -0.2) is 20.9 Å². The quantitative estimate of drug-likeness (QED) is 0.258. The normalized spacial score (nSPS) is 16.7. The van der Waals surface area contributed by atoms with Crippen molar-refractivity contribution in [2.75, 3.05) is 0 Å². The lowest BCUT2D eigenvalue weighted by molar-refractivity contribution is -0.141. The minimum Gasteiger partial charge on any atom is -0.481 e. The van der Waals surface area contributed by atoms with Gasteiger partial charge in [0, 0.05) is 5.56 Å². The molecule has 192 valence electrons. The fraction of sp³-hybridized carbons (Fsp3) is 0.333. The zero-order valence-corrected chi connectivity index (χ0v) is 22.0. The molecule has 2 unspecified atom stereocenters. The number of hydrogen-bond donors (Lipinski definition) is 1. The Morgan fingerprint density at radius 3 is 2.08 bits per heavy atom. The molecule has 4 nitrogen and oxygen atoms in total. The number of aromatic nitrogens is 2. The number of benzene rings is 3. The van der Waals surface area contributed by atoms with Crippen molar-refractivity contribution < 1.29 is 9.90 Å². The number of carbonyl (C=O) groups is 1. The second-order valence-corrected chi connectivity index (χ2v) is 9.70. The third-order valence-corrected chi connectivity index (χ3v) is 7.25. The molecule has 1 aliphatic carbocycles. The van der Waals surface area contributed by atoms with E-state index >= 15 is 0 Å². The molecule has 2 atom stereocenters. The van der Waals surface area contributed by atoms with Crippen LogP contribution in [0.2, 0.25) is 0 Å². The number of carboxylic acids is 1. The van der Waals surface area contributed by atoms with E-state index in [1.807, 2.05) is 42.8 Å². The molecule has 3 aromatic carbocycles. The number of aliphatic carboxylic acids is 1. The van der Waals surface area contributed by atoms with Gasteiger partial charge in [-0.05, 0) is 80.2 Å². The minimum atomic E-state index is -0.624. The molecule has 0 amide bonds. The first kappa shape index (κ1) is 26.4. The van der Waals surface area contributed by atoms with Gasteiger partial charge in [0.25, 0.3) is 0 Å². The maximum absolute atomic E-state index is 11.2. The van der Waals surface area contributed by atoms with E-state index in [1.54, 1.807) is 0 Å². The van der Waals surface area contributed by atoms with Crippen molar-refractivity contribution >= 4 is 5.97 Å². The Hall–Kier alpha value is -3.66. The molecule has 1 aromatic heterocycles. The van der Waals surface area contributed by atoms with E-state index in [9.17, 15) is 9.90 Å². The second-order valence-electron chi connectivity index (χ2n) is 9.70. The fourth-order valence-corrected chi connectivity index (χ4v) is 5.21.